The lowest BCUT2D eigenvalue weighted by atomic mass is 9.93. The van der Waals surface area contributed by atoms with Crippen molar-refractivity contribution in [3.05, 3.63) is 57.8 Å². The fourth-order valence-electron chi connectivity index (χ4n) is 3.98. The van der Waals surface area contributed by atoms with Crippen LogP contribution in [-0.2, 0) is 16.0 Å². The summed E-state index contributed by atoms with van der Waals surface area (Å²) in [5.41, 5.74) is 2.38. The van der Waals surface area contributed by atoms with E-state index < -0.39 is 0 Å². The summed E-state index contributed by atoms with van der Waals surface area (Å²) in [6.45, 7) is 2.94. The number of nitrogens with zero attached hydrogens (tertiary/aromatic N) is 2. The summed E-state index contributed by atoms with van der Waals surface area (Å²) in [5, 5.41) is 2.12. The van der Waals surface area contributed by atoms with Crippen molar-refractivity contribution in [3.63, 3.8) is 0 Å². The van der Waals surface area contributed by atoms with Gasteiger partial charge in [-0.15, -0.1) is 11.3 Å². The van der Waals surface area contributed by atoms with Crippen LogP contribution in [0.25, 0.3) is 0 Å². The Bertz CT molecular complexity index is 813. The predicted octanol–water partition coefficient (Wildman–Crippen LogP) is 4.01. The van der Waals surface area contributed by atoms with Crippen LogP contribution < -0.4 is 0 Å². The maximum atomic E-state index is 13.3. The first kappa shape index (κ1) is 18.2. The zero-order valence-corrected chi connectivity index (χ0v) is 16.6. The summed E-state index contributed by atoms with van der Waals surface area (Å²) in [7, 11) is 0. The van der Waals surface area contributed by atoms with Crippen molar-refractivity contribution in [1.29, 1.82) is 0 Å². The molecule has 2 aliphatic rings. The van der Waals surface area contributed by atoms with E-state index in [1.165, 1.54) is 10.4 Å². The Morgan fingerprint density at radius 3 is 2.67 bits per heavy atom. The Kier molecular flexibility index (Phi) is 5.30. The molecule has 0 radical (unpaired) electrons. The summed E-state index contributed by atoms with van der Waals surface area (Å²) in [6.07, 6.45) is 4.30. The fraction of sp³-hybridized carbons (Fsp3) is 0.455. The number of rotatable bonds is 6. The third-order valence-electron chi connectivity index (χ3n) is 5.48. The van der Waals surface area contributed by atoms with Gasteiger partial charge in [-0.1, -0.05) is 37.3 Å². The third kappa shape index (κ3) is 3.79. The molecule has 142 valence electrons. The van der Waals surface area contributed by atoms with E-state index in [0.29, 0.717) is 13.0 Å². The molecule has 0 bridgehead atoms. The number of hydrogen-bond donors (Lipinski definition) is 0. The van der Waals surface area contributed by atoms with E-state index in [0.717, 1.165) is 31.2 Å². The van der Waals surface area contributed by atoms with Crippen LogP contribution in [0.4, 0.5) is 0 Å². The summed E-state index contributed by atoms with van der Waals surface area (Å²) in [5.74, 6) is 0.190. The van der Waals surface area contributed by atoms with Gasteiger partial charge in [0.25, 0.3) is 0 Å². The summed E-state index contributed by atoms with van der Waals surface area (Å²) in [4.78, 5) is 31.0. The zero-order chi connectivity index (χ0) is 18.8. The van der Waals surface area contributed by atoms with Crippen LogP contribution in [0.5, 0.6) is 0 Å². The van der Waals surface area contributed by atoms with Gasteiger partial charge >= 0.3 is 0 Å². The normalized spacial score (nSPS) is 18.9. The predicted molar refractivity (Wildman–Crippen MR) is 108 cm³/mol. The van der Waals surface area contributed by atoms with Gasteiger partial charge in [-0.05, 0) is 48.3 Å². The van der Waals surface area contributed by atoms with Crippen LogP contribution >= 0.6 is 11.3 Å². The first-order valence-electron chi connectivity index (χ1n) is 9.89. The largest absolute Gasteiger partial charge is 0.330 e. The molecule has 1 fully saturated rings. The molecule has 0 saturated heterocycles. The van der Waals surface area contributed by atoms with Gasteiger partial charge in [0.15, 0.2) is 0 Å². The minimum absolute atomic E-state index is 0.0453. The van der Waals surface area contributed by atoms with Crippen LogP contribution in [0.15, 0.2) is 41.8 Å². The monoisotopic (exact) mass is 382 g/mol. The van der Waals surface area contributed by atoms with Crippen molar-refractivity contribution in [2.75, 3.05) is 13.1 Å². The highest BCUT2D eigenvalue weighted by Gasteiger charge is 2.37. The van der Waals surface area contributed by atoms with Gasteiger partial charge in [0.1, 0.15) is 6.54 Å². The average molecular weight is 383 g/mol. The molecular formula is C22H26N2O2S. The molecule has 27 heavy (non-hydrogen) atoms. The molecule has 1 aromatic carbocycles. The Hall–Kier alpha value is -2.14. The SMILES string of the molecule is CCCC(=O)N(CC(=O)N1CCc2sccc2C1c1ccccc1)C1CC1. The van der Waals surface area contributed by atoms with E-state index >= 15 is 0 Å². The molecule has 2 amide bonds. The lowest BCUT2D eigenvalue weighted by Gasteiger charge is -2.37. The molecular weight excluding hydrogens is 356 g/mol. The van der Waals surface area contributed by atoms with Crippen LogP contribution in [0.3, 0.4) is 0 Å². The van der Waals surface area contributed by atoms with Crippen LogP contribution in [0.2, 0.25) is 0 Å². The van der Waals surface area contributed by atoms with E-state index in [2.05, 4.69) is 23.6 Å². The number of carbonyl (C=O) groups is 2. The Morgan fingerprint density at radius 1 is 1.19 bits per heavy atom. The lowest BCUT2D eigenvalue weighted by Crippen LogP contribution is -2.47. The van der Waals surface area contributed by atoms with Gasteiger partial charge in [0.05, 0.1) is 6.04 Å². The number of hydrogen-bond acceptors (Lipinski definition) is 3. The average Bonchev–Trinajstić information content (AvgIpc) is 3.41. The summed E-state index contributed by atoms with van der Waals surface area (Å²) in [6, 6.07) is 12.6. The van der Waals surface area contributed by atoms with Crippen molar-refractivity contribution in [2.24, 2.45) is 0 Å². The molecule has 1 unspecified atom stereocenters. The van der Waals surface area contributed by atoms with E-state index in [1.54, 1.807) is 11.3 Å². The fourth-order valence-corrected chi connectivity index (χ4v) is 4.88. The van der Waals surface area contributed by atoms with Crippen molar-refractivity contribution in [2.45, 2.75) is 51.1 Å². The highest BCUT2D eigenvalue weighted by atomic mass is 32.1. The summed E-state index contributed by atoms with van der Waals surface area (Å²) < 4.78 is 0. The molecule has 1 aromatic heterocycles. The molecule has 1 atom stereocenters. The second-order valence-corrected chi connectivity index (χ2v) is 8.45. The van der Waals surface area contributed by atoms with Crippen LogP contribution in [0, 0.1) is 0 Å². The Morgan fingerprint density at radius 2 is 1.96 bits per heavy atom. The maximum Gasteiger partial charge on any atom is 0.243 e. The van der Waals surface area contributed by atoms with E-state index in [9.17, 15) is 9.59 Å². The molecule has 1 aliphatic heterocycles. The number of carbonyl (C=O) groups excluding carboxylic acids is 2. The third-order valence-corrected chi connectivity index (χ3v) is 6.48. The van der Waals surface area contributed by atoms with Gasteiger partial charge in [0, 0.05) is 23.9 Å². The second kappa shape index (κ2) is 7.85. The molecule has 2 heterocycles. The topological polar surface area (TPSA) is 40.6 Å². The van der Waals surface area contributed by atoms with Crippen molar-refractivity contribution in [3.8, 4) is 0 Å². The first-order chi connectivity index (χ1) is 13.2. The maximum absolute atomic E-state index is 13.3. The number of fused-ring (bicyclic) bond motifs is 1. The number of benzene rings is 1. The van der Waals surface area contributed by atoms with Gasteiger partial charge in [-0.25, -0.2) is 0 Å². The molecule has 4 rings (SSSR count). The first-order valence-corrected chi connectivity index (χ1v) is 10.8. The number of thiophene rings is 1. The molecule has 1 saturated carbocycles. The molecule has 2 aromatic rings. The van der Waals surface area contributed by atoms with Gasteiger partial charge in [0.2, 0.25) is 11.8 Å². The summed E-state index contributed by atoms with van der Waals surface area (Å²) >= 11 is 1.78. The van der Waals surface area contributed by atoms with Crippen molar-refractivity contribution < 1.29 is 9.59 Å². The smallest absolute Gasteiger partial charge is 0.243 e. The highest BCUT2D eigenvalue weighted by molar-refractivity contribution is 7.10. The lowest BCUT2D eigenvalue weighted by molar-refractivity contribution is -0.142. The minimum Gasteiger partial charge on any atom is -0.330 e. The van der Waals surface area contributed by atoms with Crippen LogP contribution in [-0.4, -0.2) is 40.7 Å². The Labute approximate surface area is 164 Å². The molecule has 0 N–H and O–H groups in total. The quantitative estimate of drug-likeness (QED) is 0.757. The second-order valence-electron chi connectivity index (χ2n) is 7.45. The molecule has 4 nitrogen and oxygen atoms in total. The van der Waals surface area contributed by atoms with Gasteiger partial charge < -0.3 is 9.80 Å². The number of amides is 2. The zero-order valence-electron chi connectivity index (χ0n) is 15.8. The minimum atomic E-state index is -0.0453. The molecule has 1 aliphatic carbocycles. The van der Waals surface area contributed by atoms with E-state index in [4.69, 9.17) is 0 Å². The Balaban J connectivity index is 1.59. The van der Waals surface area contributed by atoms with Gasteiger partial charge in [-0.3, -0.25) is 9.59 Å². The van der Waals surface area contributed by atoms with Crippen molar-refractivity contribution in [1.82, 2.24) is 9.80 Å². The molecule has 0 spiro atoms. The van der Waals surface area contributed by atoms with Crippen molar-refractivity contribution >= 4 is 23.2 Å². The van der Waals surface area contributed by atoms with Gasteiger partial charge in [-0.2, -0.15) is 0 Å². The standard InChI is InChI=1S/C22H26N2O2S/c1-2-6-20(25)24(17-9-10-17)15-21(26)23-13-11-19-18(12-14-27-19)22(23)16-7-4-3-5-8-16/h3-5,7-8,12,14,17,22H,2,6,9-11,13,15H2,1H3. The highest BCUT2D eigenvalue weighted by Crippen LogP contribution is 2.38. The van der Waals surface area contributed by atoms with Crippen LogP contribution in [0.1, 0.15) is 54.7 Å². The van der Waals surface area contributed by atoms with E-state index in [1.807, 2.05) is 34.9 Å². The molecule has 5 heteroatoms. The van der Waals surface area contributed by atoms with E-state index in [-0.39, 0.29) is 30.4 Å².